The minimum absolute atomic E-state index is 0.0687. The summed E-state index contributed by atoms with van der Waals surface area (Å²) < 4.78 is 5.78. The third-order valence-corrected chi connectivity index (χ3v) is 4.68. The number of aliphatic hydroxyl groups excluding tert-OH is 1. The Morgan fingerprint density at radius 1 is 1.26 bits per heavy atom. The van der Waals surface area contributed by atoms with E-state index in [-0.39, 0.29) is 24.7 Å². The molecule has 1 aliphatic heterocycles. The van der Waals surface area contributed by atoms with Crippen LogP contribution < -0.4 is 10.6 Å². The number of benzene rings is 1. The maximum absolute atomic E-state index is 12.2. The van der Waals surface area contributed by atoms with Gasteiger partial charge in [0.15, 0.2) is 0 Å². The second-order valence-electron chi connectivity index (χ2n) is 6.65. The van der Waals surface area contributed by atoms with E-state index in [0.717, 1.165) is 25.0 Å². The molecule has 3 atom stereocenters. The molecule has 2 amide bonds. The standard InChI is InChI=1S/C18H26N2O3/c21-12-16(10-13-4-2-1-3-5-13)20-18(22)19-15-8-9-23-17(11-15)14-6-7-14/h1-5,14-17,21H,6-12H2,(H2,19,20,22)/t15-,16+,17+/m1/s1. The van der Waals surface area contributed by atoms with Gasteiger partial charge in [-0.3, -0.25) is 0 Å². The van der Waals surface area contributed by atoms with Gasteiger partial charge in [-0.1, -0.05) is 30.3 Å². The molecule has 23 heavy (non-hydrogen) atoms. The van der Waals surface area contributed by atoms with Crippen molar-refractivity contribution in [1.29, 1.82) is 0 Å². The van der Waals surface area contributed by atoms with Crippen LogP contribution >= 0.6 is 0 Å². The van der Waals surface area contributed by atoms with E-state index in [1.807, 2.05) is 30.3 Å². The molecule has 0 aromatic heterocycles. The van der Waals surface area contributed by atoms with Gasteiger partial charge in [0.2, 0.25) is 0 Å². The SMILES string of the molecule is O=C(N[C@H](CO)Cc1ccccc1)N[C@@H]1CCO[C@H](C2CC2)C1. The van der Waals surface area contributed by atoms with Crippen LogP contribution in [0.15, 0.2) is 30.3 Å². The van der Waals surface area contributed by atoms with Crippen molar-refractivity contribution in [3.63, 3.8) is 0 Å². The van der Waals surface area contributed by atoms with Crippen LogP contribution in [-0.4, -0.2) is 42.5 Å². The number of carbonyl (C=O) groups excluding carboxylic acids is 1. The summed E-state index contributed by atoms with van der Waals surface area (Å²) in [5, 5.41) is 15.4. The van der Waals surface area contributed by atoms with E-state index < -0.39 is 0 Å². The third kappa shape index (κ3) is 4.94. The zero-order valence-electron chi connectivity index (χ0n) is 13.4. The fourth-order valence-corrected chi connectivity index (χ4v) is 3.23. The van der Waals surface area contributed by atoms with Crippen LogP contribution in [0.25, 0.3) is 0 Å². The normalized spacial score (nSPS) is 25.6. The van der Waals surface area contributed by atoms with Crippen LogP contribution in [0.3, 0.4) is 0 Å². The minimum atomic E-state index is -0.267. The molecule has 1 aromatic rings. The van der Waals surface area contributed by atoms with Gasteiger partial charge in [0, 0.05) is 12.6 Å². The molecule has 1 heterocycles. The van der Waals surface area contributed by atoms with E-state index in [4.69, 9.17) is 4.74 Å². The third-order valence-electron chi connectivity index (χ3n) is 4.68. The molecular formula is C18H26N2O3. The van der Waals surface area contributed by atoms with Crippen LogP contribution in [0.2, 0.25) is 0 Å². The van der Waals surface area contributed by atoms with E-state index in [9.17, 15) is 9.90 Å². The van der Waals surface area contributed by atoms with Gasteiger partial charge in [0.25, 0.3) is 0 Å². The van der Waals surface area contributed by atoms with Crippen LogP contribution in [0.4, 0.5) is 4.79 Å². The van der Waals surface area contributed by atoms with Gasteiger partial charge >= 0.3 is 6.03 Å². The Morgan fingerprint density at radius 2 is 2.04 bits per heavy atom. The number of aliphatic hydroxyl groups is 1. The molecule has 0 unspecified atom stereocenters. The molecule has 1 aromatic carbocycles. The van der Waals surface area contributed by atoms with Crippen molar-refractivity contribution in [2.45, 2.75) is 50.3 Å². The van der Waals surface area contributed by atoms with Gasteiger partial charge < -0.3 is 20.5 Å². The second kappa shape index (κ2) is 7.79. The summed E-state index contributed by atoms with van der Waals surface area (Å²) in [6.45, 7) is 0.653. The first-order valence-electron chi connectivity index (χ1n) is 8.58. The Labute approximate surface area is 137 Å². The summed E-state index contributed by atoms with van der Waals surface area (Å²) in [7, 11) is 0. The fourth-order valence-electron chi connectivity index (χ4n) is 3.23. The van der Waals surface area contributed by atoms with E-state index in [1.165, 1.54) is 12.8 Å². The zero-order valence-corrected chi connectivity index (χ0v) is 13.4. The lowest BCUT2D eigenvalue weighted by molar-refractivity contribution is -0.00921. The summed E-state index contributed by atoms with van der Waals surface area (Å²) in [5.41, 5.74) is 1.10. The topological polar surface area (TPSA) is 70.6 Å². The van der Waals surface area contributed by atoms with Gasteiger partial charge in [-0.15, -0.1) is 0 Å². The Bertz CT molecular complexity index is 504. The van der Waals surface area contributed by atoms with Crippen molar-refractivity contribution in [2.24, 2.45) is 5.92 Å². The van der Waals surface area contributed by atoms with Gasteiger partial charge in [-0.2, -0.15) is 0 Å². The highest BCUT2D eigenvalue weighted by molar-refractivity contribution is 5.74. The zero-order chi connectivity index (χ0) is 16.1. The van der Waals surface area contributed by atoms with Crippen molar-refractivity contribution < 1.29 is 14.6 Å². The molecule has 3 N–H and O–H groups in total. The molecule has 5 heteroatoms. The van der Waals surface area contributed by atoms with Crippen molar-refractivity contribution in [1.82, 2.24) is 10.6 Å². The number of hydrogen-bond donors (Lipinski definition) is 3. The molecule has 1 aliphatic carbocycles. The Balaban J connectivity index is 1.45. The number of urea groups is 1. The minimum Gasteiger partial charge on any atom is -0.394 e. The summed E-state index contributed by atoms with van der Waals surface area (Å²) in [5.74, 6) is 0.700. The Morgan fingerprint density at radius 3 is 2.74 bits per heavy atom. The van der Waals surface area contributed by atoms with Gasteiger partial charge in [0.05, 0.1) is 18.8 Å². The van der Waals surface area contributed by atoms with Crippen LogP contribution in [0, 0.1) is 5.92 Å². The van der Waals surface area contributed by atoms with Crippen molar-refractivity contribution in [2.75, 3.05) is 13.2 Å². The largest absolute Gasteiger partial charge is 0.394 e. The summed E-state index contributed by atoms with van der Waals surface area (Å²) >= 11 is 0. The Kier molecular flexibility index (Phi) is 5.51. The van der Waals surface area contributed by atoms with Crippen molar-refractivity contribution in [3.8, 4) is 0 Å². The second-order valence-corrected chi connectivity index (χ2v) is 6.65. The highest BCUT2D eigenvalue weighted by Gasteiger charge is 2.36. The van der Waals surface area contributed by atoms with Crippen molar-refractivity contribution in [3.05, 3.63) is 35.9 Å². The molecule has 3 rings (SSSR count). The maximum atomic E-state index is 12.2. The first-order valence-corrected chi connectivity index (χ1v) is 8.58. The fraction of sp³-hybridized carbons (Fsp3) is 0.611. The molecule has 0 bridgehead atoms. The number of ether oxygens (including phenoxy) is 1. The summed E-state index contributed by atoms with van der Waals surface area (Å²) in [4.78, 5) is 12.2. The molecule has 1 saturated heterocycles. The average Bonchev–Trinajstić information content (AvgIpc) is 3.40. The predicted molar refractivity (Wildman–Crippen MR) is 88.2 cm³/mol. The maximum Gasteiger partial charge on any atom is 0.315 e. The number of rotatable bonds is 6. The molecule has 2 fully saturated rings. The van der Waals surface area contributed by atoms with E-state index in [1.54, 1.807) is 0 Å². The van der Waals surface area contributed by atoms with Crippen LogP contribution in [-0.2, 0) is 11.2 Å². The van der Waals surface area contributed by atoms with E-state index in [0.29, 0.717) is 18.4 Å². The first-order chi connectivity index (χ1) is 11.2. The highest BCUT2D eigenvalue weighted by Crippen LogP contribution is 2.38. The molecular weight excluding hydrogens is 292 g/mol. The number of hydrogen-bond acceptors (Lipinski definition) is 3. The molecule has 5 nitrogen and oxygen atoms in total. The van der Waals surface area contributed by atoms with E-state index in [2.05, 4.69) is 10.6 Å². The summed E-state index contributed by atoms with van der Waals surface area (Å²) in [6.07, 6.45) is 5.22. The van der Waals surface area contributed by atoms with Crippen LogP contribution in [0.1, 0.15) is 31.2 Å². The quantitative estimate of drug-likeness (QED) is 0.749. The van der Waals surface area contributed by atoms with E-state index >= 15 is 0 Å². The number of amides is 2. The number of carbonyl (C=O) groups is 1. The first kappa shape index (κ1) is 16.3. The Hall–Kier alpha value is -1.59. The van der Waals surface area contributed by atoms with Crippen molar-refractivity contribution >= 4 is 6.03 Å². The summed E-state index contributed by atoms with van der Waals surface area (Å²) in [6, 6.07) is 9.60. The molecule has 2 aliphatic rings. The lowest BCUT2D eigenvalue weighted by Gasteiger charge is -2.30. The van der Waals surface area contributed by atoms with Gasteiger partial charge in [0.1, 0.15) is 0 Å². The molecule has 126 valence electrons. The molecule has 0 spiro atoms. The average molecular weight is 318 g/mol. The molecule has 0 radical (unpaired) electrons. The monoisotopic (exact) mass is 318 g/mol. The lowest BCUT2D eigenvalue weighted by atomic mass is 10.0. The predicted octanol–water partition coefficient (Wildman–Crippen LogP) is 1.85. The van der Waals surface area contributed by atoms with Gasteiger partial charge in [-0.25, -0.2) is 4.79 Å². The van der Waals surface area contributed by atoms with Crippen LogP contribution in [0.5, 0.6) is 0 Å². The van der Waals surface area contributed by atoms with Gasteiger partial charge in [-0.05, 0) is 43.6 Å². The highest BCUT2D eigenvalue weighted by atomic mass is 16.5. The smallest absolute Gasteiger partial charge is 0.315 e. The lowest BCUT2D eigenvalue weighted by Crippen LogP contribution is -2.50. The molecule has 1 saturated carbocycles. The number of nitrogens with one attached hydrogen (secondary N) is 2.